The van der Waals surface area contributed by atoms with Gasteiger partial charge in [-0.25, -0.2) is 0 Å². The number of esters is 1. The van der Waals surface area contributed by atoms with Crippen molar-refractivity contribution in [3.05, 3.63) is 61.2 Å². The molecule has 3 atom stereocenters. The highest BCUT2D eigenvalue weighted by Crippen LogP contribution is 2.16. The Kier molecular flexibility index (Phi) is 15.0. The molecular formula is C26H38N2O6. The van der Waals surface area contributed by atoms with Gasteiger partial charge >= 0.3 is 5.97 Å². The van der Waals surface area contributed by atoms with E-state index in [1.54, 1.807) is 19.1 Å². The van der Waals surface area contributed by atoms with Crippen LogP contribution >= 0.6 is 0 Å². The van der Waals surface area contributed by atoms with Gasteiger partial charge in [-0.1, -0.05) is 42.5 Å². The van der Waals surface area contributed by atoms with Crippen LogP contribution in [-0.2, 0) is 30.3 Å². The molecule has 1 rings (SSSR count). The second kappa shape index (κ2) is 17.5. The highest BCUT2D eigenvalue weighted by molar-refractivity contribution is 5.86. The number of aliphatic hydroxyl groups is 1. The molecule has 0 aromatic heterocycles. The van der Waals surface area contributed by atoms with Gasteiger partial charge in [-0.3, -0.25) is 14.4 Å². The number of allylic oxidation sites excluding steroid dienone is 2. The minimum absolute atomic E-state index is 0.00447. The van der Waals surface area contributed by atoms with Gasteiger partial charge < -0.3 is 25.2 Å². The molecule has 188 valence electrons. The Morgan fingerprint density at radius 2 is 1.71 bits per heavy atom. The predicted molar refractivity (Wildman–Crippen MR) is 131 cm³/mol. The largest absolute Gasteiger partial charge is 0.461 e. The molecule has 1 aromatic carbocycles. The first-order valence-electron chi connectivity index (χ1n) is 11.6. The molecule has 34 heavy (non-hydrogen) atoms. The van der Waals surface area contributed by atoms with Crippen LogP contribution in [0.15, 0.2) is 55.6 Å². The van der Waals surface area contributed by atoms with Crippen LogP contribution < -0.4 is 10.6 Å². The first-order valence-corrected chi connectivity index (χ1v) is 11.6. The number of carbonyl (C=O) groups is 3. The summed E-state index contributed by atoms with van der Waals surface area (Å²) in [6.45, 7) is 9.96. The molecule has 0 aliphatic heterocycles. The van der Waals surface area contributed by atoms with Crippen LogP contribution in [0.3, 0.4) is 0 Å². The summed E-state index contributed by atoms with van der Waals surface area (Å²) in [5, 5.41) is 14.1. The van der Waals surface area contributed by atoms with E-state index in [4.69, 9.17) is 14.6 Å². The maximum Gasteiger partial charge on any atom is 0.309 e. The minimum atomic E-state index is -0.578. The van der Waals surface area contributed by atoms with Gasteiger partial charge in [-0.05, 0) is 31.7 Å². The summed E-state index contributed by atoms with van der Waals surface area (Å²) < 4.78 is 10.6. The maximum absolute atomic E-state index is 12.7. The molecule has 0 spiro atoms. The Bertz CT molecular complexity index is 768. The van der Waals surface area contributed by atoms with Crippen molar-refractivity contribution in [3.8, 4) is 0 Å². The maximum atomic E-state index is 12.7. The monoisotopic (exact) mass is 474 g/mol. The van der Waals surface area contributed by atoms with Crippen LogP contribution in [0, 0.1) is 11.8 Å². The van der Waals surface area contributed by atoms with E-state index in [2.05, 4.69) is 23.8 Å². The van der Waals surface area contributed by atoms with E-state index in [1.165, 1.54) is 0 Å². The summed E-state index contributed by atoms with van der Waals surface area (Å²) in [6.07, 6.45) is 4.15. The zero-order valence-electron chi connectivity index (χ0n) is 20.0. The van der Waals surface area contributed by atoms with Crippen molar-refractivity contribution < 1.29 is 29.0 Å². The standard InChI is InChI=1S/C26H38N2O6/c1-4-9-22(18-24(30)27-13-15-33-16-14-29)25(31)28-19-20(3)34-26(32)23(10-5-2)17-21-11-7-6-8-12-21/h4-8,11-12,20,22-23,29H,1-2,9-10,13-19H2,3H3,(H,27,30)(H,28,31)/t20-,22+,23+/m0/s1. The number of amides is 2. The third kappa shape index (κ3) is 12.3. The van der Waals surface area contributed by atoms with E-state index in [-0.39, 0.29) is 56.5 Å². The van der Waals surface area contributed by atoms with Gasteiger partial charge in [0.2, 0.25) is 11.8 Å². The van der Waals surface area contributed by atoms with Gasteiger partial charge in [-0.15, -0.1) is 13.2 Å². The third-order valence-electron chi connectivity index (χ3n) is 5.05. The van der Waals surface area contributed by atoms with Crippen LogP contribution in [0.5, 0.6) is 0 Å². The molecule has 0 saturated heterocycles. The molecule has 8 heteroatoms. The first kappa shape index (κ1) is 29.1. The average molecular weight is 475 g/mol. The van der Waals surface area contributed by atoms with E-state index >= 15 is 0 Å². The SMILES string of the molecule is C=CC[C@H](CC(=O)NCCOCCO)C(=O)NC[C@H](C)OC(=O)[C@H](CC=C)Cc1ccccc1. The zero-order valence-corrected chi connectivity index (χ0v) is 20.0. The number of carbonyl (C=O) groups excluding carboxylic acids is 3. The Morgan fingerprint density at radius 1 is 1.03 bits per heavy atom. The van der Waals surface area contributed by atoms with Crippen molar-refractivity contribution in [2.45, 2.75) is 38.7 Å². The fourth-order valence-corrected chi connectivity index (χ4v) is 3.30. The Balaban J connectivity index is 2.49. The number of rotatable bonds is 18. The summed E-state index contributed by atoms with van der Waals surface area (Å²) in [5.74, 6) is -1.85. The van der Waals surface area contributed by atoms with E-state index in [9.17, 15) is 14.4 Å². The second-order valence-corrected chi connectivity index (χ2v) is 8.02. The van der Waals surface area contributed by atoms with E-state index in [0.717, 1.165) is 5.56 Å². The van der Waals surface area contributed by atoms with Crippen molar-refractivity contribution in [3.63, 3.8) is 0 Å². The lowest BCUT2D eigenvalue weighted by atomic mass is 9.96. The highest BCUT2D eigenvalue weighted by atomic mass is 16.5. The molecule has 8 nitrogen and oxygen atoms in total. The van der Waals surface area contributed by atoms with Gasteiger partial charge in [0.05, 0.1) is 38.2 Å². The number of ether oxygens (including phenoxy) is 2. The lowest BCUT2D eigenvalue weighted by Gasteiger charge is -2.20. The quantitative estimate of drug-likeness (QED) is 0.171. The molecule has 0 fully saturated rings. The Morgan fingerprint density at radius 3 is 2.35 bits per heavy atom. The topological polar surface area (TPSA) is 114 Å². The van der Waals surface area contributed by atoms with Crippen molar-refractivity contribution in [1.82, 2.24) is 10.6 Å². The van der Waals surface area contributed by atoms with Crippen molar-refractivity contribution in [1.29, 1.82) is 0 Å². The smallest absolute Gasteiger partial charge is 0.309 e. The summed E-state index contributed by atoms with van der Waals surface area (Å²) in [5.41, 5.74) is 1.04. The average Bonchev–Trinajstić information content (AvgIpc) is 2.82. The Hall–Kier alpha value is -2.97. The van der Waals surface area contributed by atoms with Crippen LogP contribution in [0.1, 0.15) is 31.7 Å². The molecule has 0 unspecified atom stereocenters. The van der Waals surface area contributed by atoms with Gasteiger partial charge in [-0.2, -0.15) is 0 Å². The molecule has 1 aromatic rings. The summed E-state index contributed by atoms with van der Waals surface area (Å²) in [4.78, 5) is 37.4. The lowest BCUT2D eigenvalue weighted by molar-refractivity contribution is -0.153. The number of hydrogen-bond acceptors (Lipinski definition) is 6. The van der Waals surface area contributed by atoms with Crippen LogP contribution in [0.4, 0.5) is 0 Å². The van der Waals surface area contributed by atoms with Crippen LogP contribution in [0.2, 0.25) is 0 Å². The van der Waals surface area contributed by atoms with Gasteiger partial charge in [0.25, 0.3) is 0 Å². The molecule has 0 heterocycles. The summed E-state index contributed by atoms with van der Waals surface area (Å²) in [6, 6.07) is 9.70. The summed E-state index contributed by atoms with van der Waals surface area (Å²) in [7, 11) is 0. The molecular weight excluding hydrogens is 436 g/mol. The van der Waals surface area contributed by atoms with Gasteiger partial charge in [0.1, 0.15) is 6.10 Å². The minimum Gasteiger partial charge on any atom is -0.461 e. The molecule has 2 amide bonds. The van der Waals surface area contributed by atoms with E-state index in [1.807, 2.05) is 30.3 Å². The third-order valence-corrected chi connectivity index (χ3v) is 5.05. The van der Waals surface area contributed by atoms with Crippen molar-refractivity contribution in [2.24, 2.45) is 11.8 Å². The highest BCUT2D eigenvalue weighted by Gasteiger charge is 2.24. The fraction of sp³-hybridized carbons (Fsp3) is 0.500. The van der Waals surface area contributed by atoms with Crippen molar-refractivity contribution in [2.75, 3.05) is 32.9 Å². The number of nitrogens with one attached hydrogen (secondary N) is 2. The number of benzene rings is 1. The van der Waals surface area contributed by atoms with Crippen LogP contribution in [-0.4, -0.2) is 61.9 Å². The molecule has 0 radical (unpaired) electrons. The summed E-state index contributed by atoms with van der Waals surface area (Å²) >= 11 is 0. The Labute approximate surface area is 202 Å². The molecule has 0 aliphatic carbocycles. The molecule has 0 saturated carbocycles. The van der Waals surface area contributed by atoms with Crippen LogP contribution in [0.25, 0.3) is 0 Å². The predicted octanol–water partition coefficient (Wildman–Crippen LogP) is 2.18. The van der Waals surface area contributed by atoms with Gasteiger partial charge in [0, 0.05) is 13.0 Å². The zero-order chi connectivity index (χ0) is 25.2. The molecule has 0 bridgehead atoms. The van der Waals surface area contributed by atoms with E-state index in [0.29, 0.717) is 25.8 Å². The first-order chi connectivity index (χ1) is 16.4. The molecule has 3 N–H and O–H groups in total. The molecule has 0 aliphatic rings. The number of aliphatic hydroxyl groups excluding tert-OH is 1. The number of hydrogen-bond donors (Lipinski definition) is 3. The van der Waals surface area contributed by atoms with Gasteiger partial charge in [0.15, 0.2) is 0 Å². The second-order valence-electron chi connectivity index (χ2n) is 8.02. The lowest BCUT2D eigenvalue weighted by Crippen LogP contribution is -2.39. The fourth-order valence-electron chi connectivity index (χ4n) is 3.30. The van der Waals surface area contributed by atoms with E-state index < -0.39 is 12.0 Å². The van der Waals surface area contributed by atoms with Crippen molar-refractivity contribution >= 4 is 17.8 Å². The normalized spacial score (nSPS) is 13.2.